The van der Waals surface area contributed by atoms with Crippen LogP contribution in [0, 0.1) is 5.82 Å². The fraction of sp³-hybridized carbons (Fsp3) is 0.412. The van der Waals surface area contributed by atoms with Gasteiger partial charge < -0.3 is 10.2 Å². The fourth-order valence-corrected chi connectivity index (χ4v) is 3.55. The summed E-state index contributed by atoms with van der Waals surface area (Å²) in [5.41, 5.74) is 1.26. The molecule has 2 atom stereocenters. The summed E-state index contributed by atoms with van der Waals surface area (Å²) in [5, 5.41) is 3.58. The molecule has 6 heteroatoms. The zero-order valence-electron chi connectivity index (χ0n) is 12.8. The number of rotatable bonds is 2. The van der Waals surface area contributed by atoms with Crippen molar-refractivity contribution in [2.75, 3.05) is 13.1 Å². The Hall–Kier alpha value is -2.21. The number of benzene rings is 1. The van der Waals surface area contributed by atoms with Crippen LogP contribution in [0.1, 0.15) is 29.8 Å². The highest BCUT2D eigenvalue weighted by Gasteiger charge is 2.32. The first-order valence-electron chi connectivity index (χ1n) is 8.04. The predicted molar refractivity (Wildman–Crippen MR) is 84.0 cm³/mol. The monoisotopic (exact) mass is 314 g/mol. The van der Waals surface area contributed by atoms with Crippen molar-refractivity contribution in [3.05, 3.63) is 48.3 Å². The van der Waals surface area contributed by atoms with Crippen LogP contribution in [0.15, 0.2) is 36.8 Å². The lowest BCUT2D eigenvalue weighted by molar-refractivity contribution is 0.0740. The quantitative estimate of drug-likeness (QED) is 0.922. The Morgan fingerprint density at radius 3 is 2.78 bits per heavy atom. The highest BCUT2D eigenvalue weighted by atomic mass is 19.1. The van der Waals surface area contributed by atoms with Gasteiger partial charge in [-0.3, -0.25) is 9.36 Å². The van der Waals surface area contributed by atoms with Crippen LogP contribution in [-0.4, -0.2) is 45.5 Å². The molecule has 2 aliphatic rings. The van der Waals surface area contributed by atoms with Crippen molar-refractivity contribution in [2.24, 2.45) is 0 Å². The Balaban J connectivity index is 1.59. The predicted octanol–water partition coefficient (Wildman–Crippen LogP) is 1.98. The second-order valence-corrected chi connectivity index (χ2v) is 6.30. The number of hydrogen-bond donors (Lipinski definition) is 1. The molecule has 1 amide bonds. The summed E-state index contributed by atoms with van der Waals surface area (Å²) in [6.07, 6.45) is 6.52. The molecule has 1 aromatic heterocycles. The molecule has 0 saturated carbocycles. The van der Waals surface area contributed by atoms with E-state index >= 15 is 0 Å². The van der Waals surface area contributed by atoms with E-state index in [1.807, 2.05) is 4.90 Å². The van der Waals surface area contributed by atoms with Gasteiger partial charge in [0.25, 0.3) is 5.91 Å². The van der Waals surface area contributed by atoms with Crippen molar-refractivity contribution in [3.63, 3.8) is 0 Å². The summed E-state index contributed by atoms with van der Waals surface area (Å²) < 4.78 is 14.8. The van der Waals surface area contributed by atoms with E-state index in [9.17, 15) is 9.18 Å². The Labute approximate surface area is 134 Å². The number of aromatic nitrogens is 2. The average molecular weight is 314 g/mol. The van der Waals surface area contributed by atoms with Gasteiger partial charge in [0.1, 0.15) is 11.5 Å². The zero-order valence-corrected chi connectivity index (χ0v) is 12.8. The molecular weight excluding hydrogens is 295 g/mol. The molecule has 4 rings (SSSR count). The van der Waals surface area contributed by atoms with Gasteiger partial charge in [0.15, 0.2) is 0 Å². The molecular formula is C17H19FN4O. The van der Waals surface area contributed by atoms with Crippen LogP contribution in [0.2, 0.25) is 0 Å². The molecule has 2 fully saturated rings. The van der Waals surface area contributed by atoms with Crippen molar-refractivity contribution < 1.29 is 9.18 Å². The van der Waals surface area contributed by atoms with Crippen molar-refractivity contribution in [2.45, 2.75) is 31.3 Å². The smallest absolute Gasteiger partial charge is 0.272 e. The SMILES string of the molecule is O=C(c1cncn1-c1ccc(F)cc1)N1CCC2CCC(C1)N2. The Morgan fingerprint density at radius 1 is 1.17 bits per heavy atom. The number of hydrogen-bond acceptors (Lipinski definition) is 3. The number of likely N-dealkylation sites (tertiary alicyclic amines) is 1. The number of nitrogens with zero attached hydrogens (tertiary/aromatic N) is 3. The van der Waals surface area contributed by atoms with E-state index in [4.69, 9.17) is 0 Å². The highest BCUT2D eigenvalue weighted by Crippen LogP contribution is 2.22. The van der Waals surface area contributed by atoms with Crippen LogP contribution in [0.5, 0.6) is 0 Å². The summed E-state index contributed by atoms with van der Waals surface area (Å²) in [5.74, 6) is -0.308. The summed E-state index contributed by atoms with van der Waals surface area (Å²) in [7, 11) is 0. The van der Waals surface area contributed by atoms with E-state index in [-0.39, 0.29) is 11.7 Å². The van der Waals surface area contributed by atoms with E-state index in [0.717, 1.165) is 31.6 Å². The van der Waals surface area contributed by atoms with Gasteiger partial charge in [0, 0.05) is 30.9 Å². The first-order chi connectivity index (χ1) is 11.2. The van der Waals surface area contributed by atoms with E-state index in [0.29, 0.717) is 17.8 Å². The summed E-state index contributed by atoms with van der Waals surface area (Å²) in [4.78, 5) is 18.9. The Bertz CT molecular complexity index is 712. The number of fused-ring (bicyclic) bond motifs is 2. The molecule has 2 aromatic rings. The van der Waals surface area contributed by atoms with E-state index in [1.165, 1.54) is 18.6 Å². The fourth-order valence-electron chi connectivity index (χ4n) is 3.55. The largest absolute Gasteiger partial charge is 0.336 e. The van der Waals surface area contributed by atoms with Crippen LogP contribution in [0.3, 0.4) is 0 Å². The third-order valence-electron chi connectivity index (χ3n) is 4.77. The number of halogens is 1. The number of imidazole rings is 1. The maximum atomic E-state index is 13.1. The normalized spacial score (nSPS) is 23.8. The molecule has 0 aliphatic carbocycles. The summed E-state index contributed by atoms with van der Waals surface area (Å²) in [6, 6.07) is 7.02. The van der Waals surface area contributed by atoms with Crippen LogP contribution in [0.4, 0.5) is 4.39 Å². The second kappa shape index (κ2) is 5.77. The topological polar surface area (TPSA) is 50.2 Å². The van der Waals surface area contributed by atoms with Crippen LogP contribution in [0.25, 0.3) is 5.69 Å². The van der Waals surface area contributed by atoms with Gasteiger partial charge in [-0.15, -0.1) is 0 Å². The molecule has 0 radical (unpaired) electrons. The maximum Gasteiger partial charge on any atom is 0.272 e. The van der Waals surface area contributed by atoms with Crippen molar-refractivity contribution >= 4 is 5.91 Å². The lowest BCUT2D eigenvalue weighted by atomic mass is 10.1. The molecule has 120 valence electrons. The van der Waals surface area contributed by atoms with Gasteiger partial charge in [0.2, 0.25) is 0 Å². The lowest BCUT2D eigenvalue weighted by Crippen LogP contribution is -2.39. The molecule has 2 unspecified atom stereocenters. The van der Waals surface area contributed by atoms with Gasteiger partial charge >= 0.3 is 0 Å². The molecule has 23 heavy (non-hydrogen) atoms. The average Bonchev–Trinajstić information content (AvgIpc) is 3.14. The number of nitrogens with one attached hydrogen (secondary N) is 1. The van der Waals surface area contributed by atoms with Crippen molar-refractivity contribution in [3.8, 4) is 5.69 Å². The van der Waals surface area contributed by atoms with Crippen LogP contribution < -0.4 is 5.32 Å². The molecule has 0 spiro atoms. The van der Waals surface area contributed by atoms with E-state index < -0.39 is 0 Å². The van der Waals surface area contributed by atoms with Gasteiger partial charge in [-0.2, -0.15) is 0 Å². The maximum absolute atomic E-state index is 13.1. The van der Waals surface area contributed by atoms with Crippen LogP contribution in [-0.2, 0) is 0 Å². The van der Waals surface area contributed by atoms with Gasteiger partial charge in [-0.05, 0) is 43.5 Å². The molecule has 2 saturated heterocycles. The number of carbonyl (C=O) groups is 1. The molecule has 1 N–H and O–H groups in total. The van der Waals surface area contributed by atoms with Crippen LogP contribution >= 0.6 is 0 Å². The number of amides is 1. The first kappa shape index (κ1) is 14.4. The van der Waals surface area contributed by atoms with E-state index in [2.05, 4.69) is 10.3 Å². The second-order valence-electron chi connectivity index (χ2n) is 6.30. The summed E-state index contributed by atoms with van der Waals surface area (Å²) >= 11 is 0. The van der Waals surface area contributed by atoms with Crippen molar-refractivity contribution in [1.82, 2.24) is 19.8 Å². The molecule has 5 nitrogen and oxygen atoms in total. The number of carbonyl (C=O) groups excluding carboxylic acids is 1. The molecule has 2 aliphatic heterocycles. The minimum atomic E-state index is -0.295. The van der Waals surface area contributed by atoms with Gasteiger partial charge in [-0.25, -0.2) is 9.37 Å². The minimum absolute atomic E-state index is 0.0128. The van der Waals surface area contributed by atoms with Gasteiger partial charge in [0.05, 0.1) is 12.5 Å². The standard InChI is InChI=1S/C17H19FN4O/c18-12-1-5-15(6-2-12)22-11-19-9-16(22)17(23)21-8-7-13-3-4-14(10-21)20-13/h1-2,5-6,9,11,13-14,20H,3-4,7-8,10H2. The Morgan fingerprint density at radius 2 is 1.96 bits per heavy atom. The summed E-state index contributed by atoms with van der Waals surface area (Å²) in [6.45, 7) is 1.51. The Kier molecular flexibility index (Phi) is 3.61. The molecule has 2 bridgehead atoms. The zero-order chi connectivity index (χ0) is 15.8. The molecule has 3 heterocycles. The van der Waals surface area contributed by atoms with Gasteiger partial charge in [-0.1, -0.05) is 0 Å². The lowest BCUT2D eigenvalue weighted by Gasteiger charge is -2.24. The molecule has 1 aromatic carbocycles. The third kappa shape index (κ3) is 2.74. The first-order valence-corrected chi connectivity index (χ1v) is 8.04. The third-order valence-corrected chi connectivity index (χ3v) is 4.77. The highest BCUT2D eigenvalue weighted by molar-refractivity contribution is 5.93. The minimum Gasteiger partial charge on any atom is -0.336 e. The van der Waals surface area contributed by atoms with Crippen molar-refractivity contribution in [1.29, 1.82) is 0 Å². The van der Waals surface area contributed by atoms with E-state index in [1.54, 1.807) is 29.2 Å².